The average molecular weight is 255 g/mol. The molecule has 0 fully saturated rings. The first-order chi connectivity index (χ1) is 8.46. The van der Waals surface area contributed by atoms with E-state index in [1.807, 2.05) is 6.92 Å². The molecule has 0 amide bonds. The topological polar surface area (TPSA) is 55.5 Å². The van der Waals surface area contributed by atoms with Gasteiger partial charge in [-0.3, -0.25) is 0 Å². The van der Waals surface area contributed by atoms with Crippen LogP contribution in [0.4, 0.5) is 4.39 Å². The van der Waals surface area contributed by atoms with Crippen LogP contribution in [0.1, 0.15) is 31.7 Å². The Kier molecular flexibility index (Phi) is 5.56. The minimum atomic E-state index is -0.533. The van der Waals surface area contributed by atoms with Gasteiger partial charge in [-0.2, -0.15) is 0 Å². The van der Waals surface area contributed by atoms with Crippen molar-refractivity contribution in [3.05, 3.63) is 29.6 Å². The summed E-state index contributed by atoms with van der Waals surface area (Å²) in [5.41, 5.74) is 5.85. The molecule has 0 heterocycles. The maximum absolute atomic E-state index is 13.6. The molecule has 0 saturated carbocycles. The Morgan fingerprint density at radius 3 is 2.78 bits per heavy atom. The largest absolute Gasteiger partial charge is 0.491 e. The van der Waals surface area contributed by atoms with Gasteiger partial charge in [0.1, 0.15) is 0 Å². The molecule has 1 atom stereocenters. The van der Waals surface area contributed by atoms with Gasteiger partial charge >= 0.3 is 0 Å². The third-order valence-corrected chi connectivity index (χ3v) is 2.92. The number of ether oxygens (including phenoxy) is 1. The van der Waals surface area contributed by atoms with Gasteiger partial charge in [0.25, 0.3) is 0 Å². The first-order valence-electron chi connectivity index (χ1n) is 6.24. The molecule has 0 aromatic heterocycles. The molecule has 18 heavy (non-hydrogen) atoms. The summed E-state index contributed by atoms with van der Waals surface area (Å²) in [5.74, 6) is 0.00388. The number of nitrogens with two attached hydrogens (primary N) is 1. The van der Waals surface area contributed by atoms with Crippen molar-refractivity contribution in [1.29, 1.82) is 0 Å². The molecular weight excluding hydrogens is 233 g/mol. The highest BCUT2D eigenvalue weighted by Gasteiger charge is 2.15. The average Bonchev–Trinajstić information content (AvgIpc) is 2.34. The maximum atomic E-state index is 13.6. The lowest BCUT2D eigenvalue weighted by Gasteiger charge is -2.21. The van der Waals surface area contributed by atoms with Crippen molar-refractivity contribution in [3.8, 4) is 5.75 Å². The van der Waals surface area contributed by atoms with Crippen LogP contribution in [0, 0.1) is 12.7 Å². The van der Waals surface area contributed by atoms with Gasteiger partial charge in [-0.25, -0.2) is 4.39 Å². The highest BCUT2D eigenvalue weighted by molar-refractivity contribution is 5.29. The number of aliphatic hydroxyl groups excluding tert-OH is 1. The number of hydrogen-bond acceptors (Lipinski definition) is 3. The summed E-state index contributed by atoms with van der Waals surface area (Å²) in [6.07, 6.45) is 2.37. The van der Waals surface area contributed by atoms with E-state index in [9.17, 15) is 4.39 Å². The van der Waals surface area contributed by atoms with E-state index in [0.29, 0.717) is 17.9 Å². The predicted molar refractivity (Wildman–Crippen MR) is 70.2 cm³/mol. The molecule has 1 aromatic rings. The molecule has 0 bridgehead atoms. The van der Waals surface area contributed by atoms with Gasteiger partial charge < -0.3 is 15.6 Å². The van der Waals surface area contributed by atoms with Gasteiger partial charge in [0.15, 0.2) is 11.6 Å². The normalized spacial score (nSPS) is 14.3. The molecule has 0 aliphatic heterocycles. The van der Waals surface area contributed by atoms with E-state index in [2.05, 4.69) is 0 Å². The Bertz CT molecular complexity index is 380. The second kappa shape index (κ2) is 6.71. The molecule has 1 aromatic carbocycles. The molecule has 4 heteroatoms. The standard InChI is InChI=1S/C14H22FNO2/c1-11-6-5-7-12(13(11)15)18-9-4-3-8-14(2,16)10-17/h5-7,17H,3-4,8-10,16H2,1-2H3. The number of benzene rings is 1. The molecule has 0 spiro atoms. The van der Waals surface area contributed by atoms with Gasteiger partial charge in [0.05, 0.1) is 13.2 Å². The number of hydrogen-bond donors (Lipinski definition) is 2. The van der Waals surface area contributed by atoms with Crippen LogP contribution in [0.3, 0.4) is 0 Å². The van der Waals surface area contributed by atoms with E-state index in [1.54, 1.807) is 25.1 Å². The minimum Gasteiger partial charge on any atom is -0.491 e. The Labute approximate surface area is 108 Å². The summed E-state index contributed by atoms with van der Waals surface area (Å²) >= 11 is 0. The minimum absolute atomic E-state index is 0.0274. The number of aryl methyl sites for hydroxylation is 1. The van der Waals surface area contributed by atoms with Gasteiger partial charge in [-0.1, -0.05) is 12.1 Å². The molecule has 0 aliphatic rings. The highest BCUT2D eigenvalue weighted by atomic mass is 19.1. The van der Waals surface area contributed by atoms with Crippen LogP contribution in [0.25, 0.3) is 0 Å². The van der Waals surface area contributed by atoms with Crippen LogP contribution in [-0.2, 0) is 0 Å². The first kappa shape index (κ1) is 14.9. The summed E-state index contributed by atoms with van der Waals surface area (Å²) in [7, 11) is 0. The van der Waals surface area contributed by atoms with E-state index in [4.69, 9.17) is 15.6 Å². The predicted octanol–water partition coefficient (Wildman–Crippen LogP) is 2.39. The van der Waals surface area contributed by atoms with Crippen LogP contribution in [-0.4, -0.2) is 23.9 Å². The quantitative estimate of drug-likeness (QED) is 0.736. The van der Waals surface area contributed by atoms with Crippen LogP contribution in [0.15, 0.2) is 18.2 Å². The molecular formula is C14H22FNO2. The van der Waals surface area contributed by atoms with Crippen molar-refractivity contribution >= 4 is 0 Å². The van der Waals surface area contributed by atoms with Crippen LogP contribution < -0.4 is 10.5 Å². The first-order valence-corrected chi connectivity index (χ1v) is 6.24. The van der Waals surface area contributed by atoms with Gasteiger partial charge in [0, 0.05) is 5.54 Å². The zero-order chi connectivity index (χ0) is 13.6. The number of halogens is 1. The van der Waals surface area contributed by atoms with Gasteiger partial charge in [-0.15, -0.1) is 0 Å². The highest BCUT2D eigenvalue weighted by Crippen LogP contribution is 2.20. The lowest BCUT2D eigenvalue weighted by molar-refractivity contribution is 0.193. The molecule has 3 N–H and O–H groups in total. The van der Waals surface area contributed by atoms with E-state index in [-0.39, 0.29) is 12.4 Å². The number of rotatable bonds is 7. The summed E-state index contributed by atoms with van der Waals surface area (Å²) < 4.78 is 19.0. The molecule has 0 aliphatic carbocycles. The van der Waals surface area contributed by atoms with Gasteiger partial charge in [0.2, 0.25) is 0 Å². The Morgan fingerprint density at radius 2 is 2.11 bits per heavy atom. The van der Waals surface area contributed by atoms with Crippen molar-refractivity contribution < 1.29 is 14.2 Å². The fourth-order valence-electron chi connectivity index (χ4n) is 1.62. The van der Waals surface area contributed by atoms with Crippen LogP contribution in [0.5, 0.6) is 5.75 Å². The summed E-state index contributed by atoms with van der Waals surface area (Å²) in [6, 6.07) is 5.11. The molecule has 3 nitrogen and oxygen atoms in total. The van der Waals surface area contributed by atoms with Crippen molar-refractivity contribution in [2.45, 2.75) is 38.6 Å². The third kappa shape index (κ3) is 4.63. The van der Waals surface area contributed by atoms with Crippen molar-refractivity contribution in [2.75, 3.05) is 13.2 Å². The van der Waals surface area contributed by atoms with Crippen LogP contribution in [0.2, 0.25) is 0 Å². The molecule has 1 unspecified atom stereocenters. The maximum Gasteiger partial charge on any atom is 0.167 e. The fraction of sp³-hybridized carbons (Fsp3) is 0.571. The van der Waals surface area contributed by atoms with E-state index in [0.717, 1.165) is 19.3 Å². The Balaban J connectivity index is 2.28. The number of unbranched alkanes of at least 4 members (excludes halogenated alkanes) is 1. The molecule has 1 rings (SSSR count). The fourth-order valence-corrected chi connectivity index (χ4v) is 1.62. The zero-order valence-corrected chi connectivity index (χ0v) is 11.1. The summed E-state index contributed by atoms with van der Waals surface area (Å²) in [6.45, 7) is 3.96. The molecule has 0 radical (unpaired) electrons. The van der Waals surface area contributed by atoms with Crippen LogP contribution >= 0.6 is 0 Å². The summed E-state index contributed by atoms with van der Waals surface area (Å²) in [5, 5.41) is 8.99. The Hall–Kier alpha value is -1.13. The lowest BCUT2D eigenvalue weighted by Crippen LogP contribution is -2.39. The van der Waals surface area contributed by atoms with Crippen molar-refractivity contribution in [3.63, 3.8) is 0 Å². The van der Waals surface area contributed by atoms with Crippen molar-refractivity contribution in [1.82, 2.24) is 0 Å². The number of aliphatic hydroxyl groups is 1. The van der Waals surface area contributed by atoms with Gasteiger partial charge in [-0.05, 0) is 44.7 Å². The monoisotopic (exact) mass is 255 g/mol. The zero-order valence-electron chi connectivity index (χ0n) is 11.1. The summed E-state index contributed by atoms with van der Waals surface area (Å²) in [4.78, 5) is 0. The second-order valence-corrected chi connectivity index (χ2v) is 5.00. The third-order valence-electron chi connectivity index (χ3n) is 2.92. The smallest absolute Gasteiger partial charge is 0.167 e. The Morgan fingerprint density at radius 1 is 1.39 bits per heavy atom. The van der Waals surface area contributed by atoms with E-state index < -0.39 is 5.54 Å². The second-order valence-electron chi connectivity index (χ2n) is 5.00. The lowest BCUT2D eigenvalue weighted by atomic mass is 9.97. The van der Waals surface area contributed by atoms with E-state index in [1.165, 1.54) is 0 Å². The molecule has 0 saturated heterocycles. The van der Waals surface area contributed by atoms with E-state index >= 15 is 0 Å². The molecule has 102 valence electrons. The van der Waals surface area contributed by atoms with Crippen molar-refractivity contribution in [2.24, 2.45) is 5.73 Å². The SMILES string of the molecule is Cc1cccc(OCCCCC(C)(N)CO)c1F.